The van der Waals surface area contributed by atoms with Gasteiger partial charge in [0.15, 0.2) is 0 Å². The summed E-state index contributed by atoms with van der Waals surface area (Å²) >= 11 is -2.06. The maximum absolute atomic E-state index is 4.54. The Kier molecular flexibility index (Phi) is 10.5. The summed E-state index contributed by atoms with van der Waals surface area (Å²) in [6, 6.07) is 11.0. The Morgan fingerprint density at radius 2 is 1.48 bits per heavy atom. The molecule has 1 aromatic carbocycles. The predicted octanol–water partition coefficient (Wildman–Crippen LogP) is 7.52. The van der Waals surface area contributed by atoms with E-state index in [-0.39, 0.29) is 0 Å². The summed E-state index contributed by atoms with van der Waals surface area (Å²) in [7, 11) is 0. The summed E-state index contributed by atoms with van der Waals surface area (Å²) < 4.78 is 6.48. The fraction of sp³-hybridized carbons (Fsp3) is 0.680. The van der Waals surface area contributed by atoms with E-state index < -0.39 is 18.4 Å². The van der Waals surface area contributed by atoms with Gasteiger partial charge in [-0.2, -0.15) is 0 Å². The van der Waals surface area contributed by atoms with Crippen LogP contribution >= 0.6 is 0 Å². The van der Waals surface area contributed by atoms with Crippen molar-refractivity contribution in [2.24, 2.45) is 5.92 Å². The third kappa shape index (κ3) is 7.57. The molecule has 0 saturated carbocycles. The molecule has 1 aliphatic heterocycles. The van der Waals surface area contributed by atoms with Gasteiger partial charge in [0.2, 0.25) is 0 Å². The van der Waals surface area contributed by atoms with Crippen molar-refractivity contribution in [3.05, 3.63) is 48.0 Å². The van der Waals surface area contributed by atoms with Crippen LogP contribution in [0.1, 0.15) is 64.9 Å². The Hall–Kier alpha value is -0.281. The van der Waals surface area contributed by atoms with Crippen molar-refractivity contribution in [1.82, 2.24) is 4.90 Å². The van der Waals surface area contributed by atoms with Gasteiger partial charge < -0.3 is 0 Å². The normalized spacial score (nSPS) is 18.3. The molecule has 0 aliphatic carbocycles. The minimum absolute atomic E-state index is 0.787. The first-order valence-corrected chi connectivity index (χ1v) is 19.6. The van der Waals surface area contributed by atoms with E-state index in [1.165, 1.54) is 56.2 Å². The number of nitrogens with zero attached hydrogens (tertiary/aromatic N) is 1. The van der Waals surface area contributed by atoms with Crippen LogP contribution in [0, 0.1) is 5.92 Å². The molecule has 1 atom stereocenters. The van der Waals surface area contributed by atoms with E-state index in [0.717, 1.165) is 19.0 Å². The molecule has 0 N–H and O–H groups in total. The van der Waals surface area contributed by atoms with E-state index >= 15 is 0 Å². The number of hydrogen-bond donors (Lipinski definition) is 0. The van der Waals surface area contributed by atoms with Crippen molar-refractivity contribution < 1.29 is 0 Å². The van der Waals surface area contributed by atoms with Crippen molar-refractivity contribution in [3.63, 3.8) is 0 Å². The van der Waals surface area contributed by atoms with Gasteiger partial charge in [-0.15, -0.1) is 0 Å². The van der Waals surface area contributed by atoms with Crippen LogP contribution in [-0.2, 0) is 6.54 Å². The van der Waals surface area contributed by atoms with Gasteiger partial charge >= 0.3 is 174 Å². The van der Waals surface area contributed by atoms with Crippen molar-refractivity contribution in [2.45, 2.75) is 83.6 Å². The Balaban J connectivity index is 2.03. The average molecular weight is 476 g/mol. The van der Waals surface area contributed by atoms with Crippen LogP contribution in [0.15, 0.2) is 42.5 Å². The van der Waals surface area contributed by atoms with Crippen LogP contribution in [0.4, 0.5) is 0 Å². The van der Waals surface area contributed by atoms with Crippen molar-refractivity contribution in [3.8, 4) is 0 Å². The molecule has 1 unspecified atom stereocenters. The van der Waals surface area contributed by atoms with E-state index in [4.69, 9.17) is 0 Å². The van der Waals surface area contributed by atoms with E-state index in [0.29, 0.717) is 0 Å². The summed E-state index contributed by atoms with van der Waals surface area (Å²) in [5.74, 6) is 0.787. The molecule has 1 aliphatic rings. The number of rotatable bonds is 13. The molecule has 1 aromatic rings. The van der Waals surface area contributed by atoms with Gasteiger partial charge in [0.1, 0.15) is 0 Å². The first-order chi connectivity index (χ1) is 13.1. The zero-order chi connectivity index (χ0) is 19.5. The fourth-order valence-corrected chi connectivity index (χ4v) is 22.5. The second-order valence-electron chi connectivity index (χ2n) is 9.03. The van der Waals surface area contributed by atoms with Crippen molar-refractivity contribution in [2.75, 3.05) is 13.1 Å². The molecule has 1 nitrogen and oxygen atoms in total. The van der Waals surface area contributed by atoms with E-state index in [1.54, 1.807) is 17.7 Å². The number of benzene rings is 1. The Morgan fingerprint density at radius 3 is 2.00 bits per heavy atom. The summed E-state index contributed by atoms with van der Waals surface area (Å²) in [6.07, 6.45) is 8.58. The van der Waals surface area contributed by atoms with Gasteiger partial charge in [0.05, 0.1) is 0 Å². The van der Waals surface area contributed by atoms with Gasteiger partial charge in [-0.25, -0.2) is 0 Å². The van der Waals surface area contributed by atoms with E-state index in [2.05, 4.69) is 62.6 Å². The Labute approximate surface area is 173 Å². The van der Waals surface area contributed by atoms with E-state index in [9.17, 15) is 0 Å². The quantitative estimate of drug-likeness (QED) is 0.210. The van der Waals surface area contributed by atoms with Crippen LogP contribution in [0.3, 0.4) is 0 Å². The molecule has 2 rings (SSSR count). The average Bonchev–Trinajstić information content (AvgIpc) is 3.02. The van der Waals surface area contributed by atoms with Gasteiger partial charge in [-0.3, -0.25) is 0 Å². The van der Waals surface area contributed by atoms with Gasteiger partial charge in [0, 0.05) is 0 Å². The molecule has 1 saturated heterocycles. The minimum atomic E-state index is -2.06. The molecule has 0 bridgehead atoms. The first-order valence-electron chi connectivity index (χ1n) is 11.6. The molecule has 0 spiro atoms. The second-order valence-corrected chi connectivity index (χ2v) is 23.0. The summed E-state index contributed by atoms with van der Waals surface area (Å²) in [5.41, 5.74) is 2.99. The Bertz CT molecular complexity index is 517. The Morgan fingerprint density at radius 1 is 0.926 bits per heavy atom. The topological polar surface area (TPSA) is 3.24 Å². The zero-order valence-electron chi connectivity index (χ0n) is 18.3. The first kappa shape index (κ1) is 23.0. The van der Waals surface area contributed by atoms with Crippen LogP contribution in [0.2, 0.25) is 17.7 Å². The number of likely N-dealkylation sites (tertiary alicyclic amines) is 1. The van der Waals surface area contributed by atoms with Crippen molar-refractivity contribution in [1.29, 1.82) is 0 Å². The molecule has 1 heterocycles. The van der Waals surface area contributed by atoms with E-state index in [1.807, 2.05) is 0 Å². The molecule has 152 valence electrons. The molecule has 1 fully saturated rings. The SMILES string of the molecule is C=C1CN(Cc2ccccc2)CC1[CH2][Sn]([CH2]CCC)([CH2]CCC)[CH2]CCC. The molecule has 0 aromatic heterocycles. The summed E-state index contributed by atoms with van der Waals surface area (Å²) in [4.78, 5) is 2.65. The number of unbranched alkanes of at least 4 members (excludes halogenated alkanes) is 3. The summed E-state index contributed by atoms with van der Waals surface area (Å²) in [6.45, 7) is 15.2. The third-order valence-electron chi connectivity index (χ3n) is 6.59. The van der Waals surface area contributed by atoms with Crippen LogP contribution in [0.5, 0.6) is 0 Å². The molecule has 0 amide bonds. The van der Waals surface area contributed by atoms with Gasteiger partial charge in [-0.1, -0.05) is 0 Å². The summed E-state index contributed by atoms with van der Waals surface area (Å²) in [5, 5.41) is 0. The maximum atomic E-state index is 4.54. The third-order valence-corrected chi connectivity index (χ3v) is 22.6. The molecule has 2 heteroatoms. The zero-order valence-corrected chi connectivity index (χ0v) is 21.2. The molecular formula is C25H43NSn. The molecule has 27 heavy (non-hydrogen) atoms. The number of hydrogen-bond acceptors (Lipinski definition) is 1. The van der Waals surface area contributed by atoms with Crippen molar-refractivity contribution >= 4 is 18.4 Å². The van der Waals surface area contributed by atoms with Crippen LogP contribution in [-0.4, -0.2) is 36.4 Å². The monoisotopic (exact) mass is 477 g/mol. The molecular weight excluding hydrogens is 433 g/mol. The fourth-order valence-electron chi connectivity index (χ4n) is 4.95. The molecule has 0 radical (unpaired) electrons. The standard InChI is InChI=1S/C13H16N.3C4H9.Sn/c1-11-8-14(9-12(11)2)10-13-6-4-3-5-7-13;3*1-3-4-2;/h3-7,11H,1-2,8-10H2;3*1,3-4H2,2H3;. The van der Waals surface area contributed by atoms with Crippen LogP contribution < -0.4 is 0 Å². The van der Waals surface area contributed by atoms with Crippen LogP contribution in [0.25, 0.3) is 0 Å². The van der Waals surface area contributed by atoms with Gasteiger partial charge in [0.25, 0.3) is 0 Å². The van der Waals surface area contributed by atoms with Gasteiger partial charge in [-0.05, 0) is 0 Å². The second kappa shape index (κ2) is 12.3. The predicted molar refractivity (Wildman–Crippen MR) is 124 cm³/mol.